The quantitative estimate of drug-likeness (QED) is 0.395. The highest BCUT2D eigenvalue weighted by Crippen LogP contribution is 2.47. The summed E-state index contributed by atoms with van der Waals surface area (Å²) in [6.07, 6.45) is 8.01. The summed E-state index contributed by atoms with van der Waals surface area (Å²) in [6, 6.07) is 17.7. The number of hydrogen-bond donors (Lipinski definition) is 0. The van der Waals surface area contributed by atoms with Crippen molar-refractivity contribution in [2.45, 2.75) is 25.2 Å². The summed E-state index contributed by atoms with van der Waals surface area (Å²) in [5, 5.41) is 1.09. The van der Waals surface area contributed by atoms with Crippen LogP contribution in [-0.2, 0) is 5.41 Å². The Morgan fingerprint density at radius 1 is 1.06 bits per heavy atom. The predicted octanol–water partition coefficient (Wildman–Crippen LogP) is 6.40. The Labute approximate surface area is 210 Å². The lowest BCUT2D eigenvalue weighted by molar-refractivity contribution is 0.0977. The van der Waals surface area contributed by atoms with Crippen LogP contribution < -0.4 is 4.90 Å². The minimum absolute atomic E-state index is 0.00969. The number of likely N-dealkylation sites (tertiary alicyclic amines) is 1. The Bertz CT molecular complexity index is 1230. The average Bonchev–Trinajstić information content (AvgIpc) is 3.14. The molecule has 0 atom stereocenters. The molecular formula is C28H27Cl2N3O. The summed E-state index contributed by atoms with van der Waals surface area (Å²) < 4.78 is 0. The molecule has 2 aliphatic heterocycles. The Morgan fingerprint density at radius 3 is 2.56 bits per heavy atom. The molecule has 5 rings (SSSR count). The van der Waals surface area contributed by atoms with Crippen LogP contribution in [-0.4, -0.2) is 42.0 Å². The summed E-state index contributed by atoms with van der Waals surface area (Å²) in [6.45, 7) is 5.75. The van der Waals surface area contributed by atoms with Crippen LogP contribution >= 0.6 is 23.2 Å². The molecule has 174 valence electrons. The van der Waals surface area contributed by atoms with E-state index in [0.29, 0.717) is 17.3 Å². The molecule has 0 N–H and O–H groups in total. The second-order valence-corrected chi connectivity index (χ2v) is 10.1. The van der Waals surface area contributed by atoms with Crippen molar-refractivity contribution < 1.29 is 4.79 Å². The van der Waals surface area contributed by atoms with E-state index < -0.39 is 0 Å². The zero-order chi connectivity index (χ0) is 23.7. The molecule has 1 aromatic heterocycles. The number of pyridine rings is 1. The van der Waals surface area contributed by atoms with E-state index in [9.17, 15) is 4.79 Å². The smallest absolute Gasteiger partial charge is 0.258 e. The van der Waals surface area contributed by atoms with E-state index in [1.54, 1.807) is 18.3 Å². The number of benzene rings is 2. The standard InChI is InChI=1S/C28H27Cl2N3O/c1-20-4-9-25-24(17-20)28(19-33(25)27(34)22-10-13-31-26(30)18-22)11-15-32(16-12-28)14-2-3-21-5-7-23(29)8-6-21/h2-10,13,17-18H,11-12,14-16,19H2,1H3/b3-2+. The van der Waals surface area contributed by atoms with E-state index >= 15 is 0 Å². The molecule has 34 heavy (non-hydrogen) atoms. The van der Waals surface area contributed by atoms with Crippen LogP contribution in [0, 0.1) is 6.92 Å². The Hall–Kier alpha value is -2.66. The number of rotatable bonds is 4. The third-order valence-corrected chi connectivity index (χ3v) is 7.51. The largest absolute Gasteiger partial charge is 0.307 e. The number of carbonyl (C=O) groups excluding carboxylic acids is 1. The lowest BCUT2D eigenvalue weighted by Gasteiger charge is -2.39. The van der Waals surface area contributed by atoms with Crippen LogP contribution in [0.5, 0.6) is 0 Å². The third-order valence-electron chi connectivity index (χ3n) is 7.05. The first kappa shape index (κ1) is 23.1. The number of anilines is 1. The van der Waals surface area contributed by atoms with Gasteiger partial charge in [-0.05, 0) is 74.3 Å². The third kappa shape index (κ3) is 4.63. The first-order valence-corrected chi connectivity index (χ1v) is 12.4. The topological polar surface area (TPSA) is 36.4 Å². The molecule has 0 unspecified atom stereocenters. The summed E-state index contributed by atoms with van der Waals surface area (Å²) in [5.41, 5.74) is 5.28. The number of aromatic nitrogens is 1. The fourth-order valence-electron chi connectivity index (χ4n) is 5.16. The predicted molar refractivity (Wildman–Crippen MR) is 140 cm³/mol. The highest BCUT2D eigenvalue weighted by molar-refractivity contribution is 6.30. The molecule has 4 nitrogen and oxygen atoms in total. The van der Waals surface area contributed by atoms with Crippen molar-refractivity contribution in [1.82, 2.24) is 9.88 Å². The van der Waals surface area contributed by atoms with Gasteiger partial charge in [-0.2, -0.15) is 0 Å². The highest BCUT2D eigenvalue weighted by Gasteiger charge is 2.46. The van der Waals surface area contributed by atoms with Gasteiger partial charge in [0.25, 0.3) is 5.91 Å². The van der Waals surface area contributed by atoms with Crippen LogP contribution in [0.4, 0.5) is 5.69 Å². The number of piperidine rings is 1. The van der Waals surface area contributed by atoms with Gasteiger partial charge in [-0.25, -0.2) is 4.98 Å². The number of nitrogens with zero attached hydrogens (tertiary/aromatic N) is 3. The zero-order valence-corrected chi connectivity index (χ0v) is 20.7. The van der Waals surface area contributed by atoms with Crippen molar-refractivity contribution in [3.63, 3.8) is 0 Å². The summed E-state index contributed by atoms with van der Waals surface area (Å²) in [7, 11) is 0. The fraction of sp³-hybridized carbons (Fsp3) is 0.286. The Kier molecular flexibility index (Phi) is 6.48. The van der Waals surface area contributed by atoms with E-state index in [1.807, 2.05) is 29.2 Å². The number of halogens is 2. The van der Waals surface area contributed by atoms with Crippen molar-refractivity contribution in [2.75, 3.05) is 31.1 Å². The molecule has 1 saturated heterocycles. The van der Waals surface area contributed by atoms with Crippen LogP contribution in [0.2, 0.25) is 10.2 Å². The van der Waals surface area contributed by atoms with Gasteiger partial charge in [-0.15, -0.1) is 0 Å². The SMILES string of the molecule is Cc1ccc2c(c1)C1(CCN(C/C=C/c3ccc(Cl)cc3)CC1)CN2C(=O)c1ccnc(Cl)c1. The number of hydrogen-bond acceptors (Lipinski definition) is 3. The van der Waals surface area contributed by atoms with Gasteiger partial charge in [-0.3, -0.25) is 9.69 Å². The Balaban J connectivity index is 1.31. The van der Waals surface area contributed by atoms with Gasteiger partial charge < -0.3 is 4.90 Å². The monoisotopic (exact) mass is 491 g/mol. The number of aryl methyl sites for hydroxylation is 1. The number of carbonyl (C=O) groups is 1. The van der Waals surface area contributed by atoms with E-state index in [1.165, 1.54) is 11.1 Å². The molecule has 3 aromatic rings. The maximum absolute atomic E-state index is 13.4. The molecule has 0 saturated carbocycles. The maximum Gasteiger partial charge on any atom is 0.258 e. The van der Waals surface area contributed by atoms with Crippen molar-refractivity contribution in [3.8, 4) is 0 Å². The molecule has 2 aliphatic rings. The van der Waals surface area contributed by atoms with Crippen LogP contribution in [0.15, 0.2) is 66.9 Å². The van der Waals surface area contributed by atoms with Gasteiger partial charge in [0.2, 0.25) is 0 Å². The lowest BCUT2D eigenvalue weighted by atomic mass is 9.74. The van der Waals surface area contributed by atoms with Gasteiger partial charge in [0, 0.05) is 41.0 Å². The molecule has 2 aromatic carbocycles. The van der Waals surface area contributed by atoms with Crippen LogP contribution in [0.3, 0.4) is 0 Å². The molecule has 1 fully saturated rings. The summed E-state index contributed by atoms with van der Waals surface area (Å²) >= 11 is 12.0. The second kappa shape index (κ2) is 9.53. The molecule has 0 radical (unpaired) electrons. The molecule has 0 bridgehead atoms. The van der Waals surface area contributed by atoms with Gasteiger partial charge >= 0.3 is 0 Å². The summed E-state index contributed by atoms with van der Waals surface area (Å²) in [4.78, 5) is 21.9. The summed E-state index contributed by atoms with van der Waals surface area (Å²) in [5.74, 6) is -0.0143. The first-order valence-electron chi connectivity index (χ1n) is 11.6. The normalized spacial score (nSPS) is 17.4. The van der Waals surface area contributed by atoms with Crippen LogP contribution in [0.1, 0.15) is 39.9 Å². The van der Waals surface area contributed by atoms with Crippen molar-refractivity contribution in [2.24, 2.45) is 0 Å². The van der Waals surface area contributed by atoms with Gasteiger partial charge in [0.15, 0.2) is 0 Å². The van der Waals surface area contributed by atoms with Gasteiger partial charge in [0.1, 0.15) is 5.15 Å². The van der Waals surface area contributed by atoms with Crippen LogP contribution in [0.25, 0.3) is 6.08 Å². The Morgan fingerprint density at radius 2 is 1.82 bits per heavy atom. The lowest BCUT2D eigenvalue weighted by Crippen LogP contribution is -2.46. The van der Waals surface area contributed by atoms with Crippen molar-refractivity contribution in [1.29, 1.82) is 0 Å². The minimum Gasteiger partial charge on any atom is -0.307 e. The molecule has 6 heteroatoms. The highest BCUT2D eigenvalue weighted by atomic mass is 35.5. The first-order chi connectivity index (χ1) is 16.4. The molecule has 1 spiro atoms. The van der Waals surface area contributed by atoms with Crippen molar-refractivity contribution >= 4 is 40.9 Å². The average molecular weight is 492 g/mol. The number of fused-ring (bicyclic) bond motifs is 2. The number of amides is 1. The van der Waals surface area contributed by atoms with Gasteiger partial charge in [-0.1, -0.05) is 65.2 Å². The van der Waals surface area contributed by atoms with E-state index in [2.05, 4.69) is 47.2 Å². The molecule has 0 aliphatic carbocycles. The molecular weight excluding hydrogens is 465 g/mol. The van der Waals surface area contributed by atoms with E-state index in [0.717, 1.165) is 48.7 Å². The molecule has 1 amide bonds. The van der Waals surface area contributed by atoms with E-state index in [4.69, 9.17) is 23.2 Å². The van der Waals surface area contributed by atoms with Crippen molar-refractivity contribution in [3.05, 3.63) is 99.3 Å². The fourth-order valence-corrected chi connectivity index (χ4v) is 5.46. The van der Waals surface area contributed by atoms with Gasteiger partial charge in [0.05, 0.1) is 0 Å². The minimum atomic E-state index is -0.0143. The zero-order valence-electron chi connectivity index (χ0n) is 19.2. The maximum atomic E-state index is 13.4. The molecule has 3 heterocycles. The second-order valence-electron chi connectivity index (χ2n) is 9.31. The van der Waals surface area contributed by atoms with E-state index in [-0.39, 0.29) is 11.3 Å².